The Kier molecular flexibility index (Phi) is 7.18. The molecule has 0 atom stereocenters. The van der Waals surface area contributed by atoms with Gasteiger partial charge in [0, 0.05) is 44.8 Å². The fourth-order valence-corrected chi connectivity index (χ4v) is 8.80. The summed E-state index contributed by atoms with van der Waals surface area (Å²) in [5, 5.41) is 3.75. The number of benzene rings is 3. The summed E-state index contributed by atoms with van der Waals surface area (Å²) in [6, 6.07) is 26.7. The number of fused-ring (bicyclic) bond motifs is 3. The van der Waals surface area contributed by atoms with Crippen LogP contribution >= 0.6 is 0 Å². The Labute approximate surface area is 303 Å². The van der Waals surface area contributed by atoms with Gasteiger partial charge in [-0.3, -0.25) is 8.97 Å². The van der Waals surface area contributed by atoms with Gasteiger partial charge in [-0.1, -0.05) is 144 Å². The molecule has 262 valence electrons. The van der Waals surface area contributed by atoms with E-state index in [1.807, 2.05) is 6.20 Å². The molecule has 0 saturated heterocycles. The van der Waals surface area contributed by atoms with Crippen molar-refractivity contribution < 1.29 is 0 Å². The molecule has 0 spiro atoms. The number of hydrogen-bond acceptors (Lipinski definition) is 2. The first kappa shape index (κ1) is 33.5. The molecule has 0 fully saturated rings. The topological polar surface area (TPSA) is 50.9 Å². The zero-order valence-corrected chi connectivity index (χ0v) is 32.5. The highest BCUT2D eigenvalue weighted by Gasteiger charge is 2.53. The molecule has 5 nitrogen and oxygen atoms in total. The largest absolute Gasteiger partial charge is 0.359 e. The van der Waals surface area contributed by atoms with E-state index in [9.17, 15) is 0 Å². The third-order valence-corrected chi connectivity index (χ3v) is 13.3. The van der Waals surface area contributed by atoms with E-state index in [-0.39, 0.29) is 10.8 Å². The summed E-state index contributed by atoms with van der Waals surface area (Å²) < 4.78 is 4.90. The van der Waals surface area contributed by atoms with Crippen LogP contribution in [0.25, 0.3) is 44.5 Å². The van der Waals surface area contributed by atoms with E-state index in [1.165, 1.54) is 49.7 Å². The molecule has 4 aromatic heterocycles. The number of para-hydroxylation sites is 2. The highest BCUT2D eigenvalue weighted by Crippen LogP contribution is 2.56. The Morgan fingerprint density at radius 2 is 1.29 bits per heavy atom. The molecule has 7 aromatic rings. The van der Waals surface area contributed by atoms with Crippen LogP contribution in [0.4, 0.5) is 0 Å². The van der Waals surface area contributed by atoms with Gasteiger partial charge in [0.1, 0.15) is 5.65 Å². The molecule has 0 unspecified atom stereocenters. The van der Waals surface area contributed by atoms with Crippen molar-refractivity contribution in [3.63, 3.8) is 0 Å². The molecule has 1 N–H and O–H groups in total. The van der Waals surface area contributed by atoms with Crippen LogP contribution in [0, 0.1) is 0 Å². The van der Waals surface area contributed by atoms with Gasteiger partial charge in [-0.2, -0.15) is 0 Å². The van der Waals surface area contributed by atoms with E-state index in [0.717, 1.165) is 28.6 Å². The molecule has 0 radical (unpaired) electrons. The fourth-order valence-electron chi connectivity index (χ4n) is 8.80. The maximum Gasteiger partial charge on any atom is 0.161 e. The van der Waals surface area contributed by atoms with E-state index in [1.54, 1.807) is 0 Å². The Bertz CT molecular complexity index is 2450. The monoisotopic (exact) mass is 675 g/mol. The summed E-state index contributed by atoms with van der Waals surface area (Å²) in [6.07, 6.45) is 4.32. The van der Waals surface area contributed by atoms with Crippen molar-refractivity contribution in [2.24, 2.45) is 0 Å². The number of nitrogens with one attached hydrogen (secondary N) is 1. The number of rotatable bonds is 7. The second-order valence-corrected chi connectivity index (χ2v) is 17.7. The summed E-state index contributed by atoms with van der Waals surface area (Å²) in [4.78, 5) is 14.8. The average molecular weight is 676 g/mol. The van der Waals surface area contributed by atoms with Gasteiger partial charge in [-0.25, -0.2) is 9.97 Å². The Hall–Kier alpha value is -4.64. The first-order chi connectivity index (χ1) is 24.0. The van der Waals surface area contributed by atoms with Gasteiger partial charge < -0.3 is 4.98 Å². The van der Waals surface area contributed by atoms with E-state index >= 15 is 0 Å². The molecule has 51 heavy (non-hydrogen) atoms. The summed E-state index contributed by atoms with van der Waals surface area (Å²) >= 11 is 0. The molecule has 0 aliphatic carbocycles. The van der Waals surface area contributed by atoms with Crippen molar-refractivity contribution in [2.75, 3.05) is 0 Å². The molecule has 5 heterocycles. The van der Waals surface area contributed by atoms with Crippen LogP contribution in [0.3, 0.4) is 0 Å². The zero-order valence-electron chi connectivity index (χ0n) is 32.5. The van der Waals surface area contributed by atoms with E-state index in [2.05, 4.69) is 176 Å². The second kappa shape index (κ2) is 10.9. The van der Waals surface area contributed by atoms with Crippen molar-refractivity contribution in [1.29, 1.82) is 0 Å². The van der Waals surface area contributed by atoms with Crippen molar-refractivity contribution in [3.05, 3.63) is 119 Å². The van der Waals surface area contributed by atoms with Crippen LogP contribution in [0.1, 0.15) is 129 Å². The highest BCUT2D eigenvalue weighted by atomic mass is 15.1. The summed E-state index contributed by atoms with van der Waals surface area (Å²) in [5.74, 6) is 1.65. The minimum atomic E-state index is -0.412. The quantitative estimate of drug-likeness (QED) is 0.171. The van der Waals surface area contributed by atoms with Crippen LogP contribution in [0.15, 0.2) is 85.2 Å². The van der Waals surface area contributed by atoms with Crippen LogP contribution in [0.5, 0.6) is 0 Å². The van der Waals surface area contributed by atoms with E-state index in [4.69, 9.17) is 9.97 Å². The number of nitrogens with zero attached hydrogens (tertiary/aromatic N) is 4. The third-order valence-electron chi connectivity index (χ3n) is 13.3. The molecule has 3 aromatic carbocycles. The lowest BCUT2D eigenvalue weighted by Gasteiger charge is -2.48. The third kappa shape index (κ3) is 4.39. The van der Waals surface area contributed by atoms with Crippen molar-refractivity contribution >= 4 is 27.3 Å². The first-order valence-electron chi connectivity index (χ1n) is 18.8. The zero-order chi connectivity index (χ0) is 36.4. The second-order valence-electron chi connectivity index (χ2n) is 17.7. The lowest BCUT2D eigenvalue weighted by atomic mass is 9.57. The van der Waals surface area contributed by atoms with Crippen LogP contribution in [-0.4, -0.2) is 23.9 Å². The molecule has 8 rings (SSSR count). The molecular formula is C46H53N5. The number of imidazole rings is 2. The molecule has 0 amide bonds. The van der Waals surface area contributed by atoms with Crippen molar-refractivity contribution in [3.8, 4) is 17.2 Å². The fraction of sp³-hybridized carbons (Fsp3) is 0.391. The summed E-state index contributed by atoms with van der Waals surface area (Å²) in [7, 11) is 0. The summed E-state index contributed by atoms with van der Waals surface area (Å²) in [5.41, 5.74) is 11.0. The van der Waals surface area contributed by atoms with Crippen LogP contribution in [-0.2, 0) is 21.7 Å². The standard InChI is InChI=1S/C46H53N5/c1-27(2)29-20-15-21-30(28(3)4)37(29)50-26-36(48-42(50)35-24-17-25-47-35)44(7,8)45(9,10)39-40-46(11,12)43(5,6)34-23-16-22-32-31-18-13-14-19-33(31)41(49-39)51(40)38(32)34/h13-28,47H,1-12H3. The minimum Gasteiger partial charge on any atom is -0.359 e. The van der Waals surface area contributed by atoms with Crippen molar-refractivity contribution in [1.82, 2.24) is 23.9 Å². The molecule has 1 aliphatic heterocycles. The van der Waals surface area contributed by atoms with Gasteiger partial charge in [-0.05, 0) is 46.0 Å². The molecule has 0 bridgehead atoms. The Balaban J connectivity index is 1.43. The highest BCUT2D eigenvalue weighted by molar-refractivity contribution is 6.13. The number of pyridine rings is 1. The number of hydrogen-bond donors (Lipinski definition) is 1. The number of aromatic nitrogens is 5. The van der Waals surface area contributed by atoms with Gasteiger partial charge in [0.2, 0.25) is 0 Å². The lowest BCUT2D eigenvalue weighted by molar-refractivity contribution is 0.256. The predicted octanol–water partition coefficient (Wildman–Crippen LogP) is 11.9. The smallest absolute Gasteiger partial charge is 0.161 e. The van der Waals surface area contributed by atoms with Gasteiger partial charge in [0.05, 0.1) is 34.0 Å². The van der Waals surface area contributed by atoms with Gasteiger partial charge >= 0.3 is 0 Å². The lowest BCUT2D eigenvalue weighted by Crippen LogP contribution is -2.48. The first-order valence-corrected chi connectivity index (χ1v) is 18.8. The van der Waals surface area contributed by atoms with Gasteiger partial charge in [0.15, 0.2) is 5.82 Å². The molecule has 5 heteroatoms. The maximum absolute atomic E-state index is 5.75. The molecular weight excluding hydrogens is 623 g/mol. The minimum absolute atomic E-state index is 0.136. The Morgan fingerprint density at radius 3 is 1.92 bits per heavy atom. The van der Waals surface area contributed by atoms with Crippen molar-refractivity contribution in [2.45, 2.75) is 117 Å². The number of aromatic amines is 1. The van der Waals surface area contributed by atoms with E-state index in [0.29, 0.717) is 11.8 Å². The SMILES string of the molecule is CC(C)c1cccc(C(C)C)c1-n1cc(C(C)(C)C(C)(C)c2nc3c4ccccc4c4cccc5c4n3c2C(C)(C)C5(C)C)nc1-c1ccc[nH]1. The predicted molar refractivity (Wildman–Crippen MR) is 214 cm³/mol. The summed E-state index contributed by atoms with van der Waals surface area (Å²) in [6.45, 7) is 28.4. The van der Waals surface area contributed by atoms with Gasteiger partial charge in [0.25, 0.3) is 0 Å². The molecule has 0 saturated carbocycles. The van der Waals surface area contributed by atoms with Crippen LogP contribution < -0.4 is 0 Å². The number of H-pyrrole nitrogens is 1. The van der Waals surface area contributed by atoms with Crippen LogP contribution in [0.2, 0.25) is 0 Å². The van der Waals surface area contributed by atoms with Gasteiger partial charge in [-0.15, -0.1) is 0 Å². The maximum atomic E-state index is 5.75. The Morgan fingerprint density at radius 1 is 0.667 bits per heavy atom. The average Bonchev–Trinajstić information content (AvgIpc) is 3.86. The molecule has 1 aliphatic rings. The van der Waals surface area contributed by atoms with E-state index < -0.39 is 10.8 Å². The normalized spacial score (nSPS) is 15.7.